The highest BCUT2D eigenvalue weighted by Gasteiger charge is 2.31. The molecule has 0 aromatic heterocycles. The highest BCUT2D eigenvalue weighted by molar-refractivity contribution is 5.99. The molecule has 1 amide bonds. The molecule has 1 aliphatic rings. The van der Waals surface area contributed by atoms with Gasteiger partial charge in [-0.15, -0.1) is 0 Å². The number of ketones is 1. The molecule has 124 valence electrons. The fourth-order valence-corrected chi connectivity index (χ4v) is 3.02. The number of carboxylic acids is 1. The molecule has 1 fully saturated rings. The third-order valence-electron chi connectivity index (χ3n) is 4.37. The van der Waals surface area contributed by atoms with Gasteiger partial charge in [0.15, 0.2) is 5.78 Å². The summed E-state index contributed by atoms with van der Waals surface area (Å²) in [5.74, 6) is -1.27. The Morgan fingerprint density at radius 2 is 1.91 bits per heavy atom. The highest BCUT2D eigenvalue weighted by Crippen LogP contribution is 2.20. The maximum atomic E-state index is 12.3. The van der Waals surface area contributed by atoms with E-state index in [0.29, 0.717) is 18.5 Å². The van der Waals surface area contributed by atoms with E-state index >= 15 is 0 Å². The van der Waals surface area contributed by atoms with Gasteiger partial charge in [0.2, 0.25) is 5.91 Å². The zero-order chi connectivity index (χ0) is 17.0. The Morgan fingerprint density at radius 3 is 2.61 bits per heavy atom. The second-order valence-corrected chi connectivity index (χ2v) is 6.18. The van der Waals surface area contributed by atoms with Crippen molar-refractivity contribution in [1.29, 1.82) is 0 Å². The van der Waals surface area contributed by atoms with Crippen LogP contribution >= 0.6 is 0 Å². The summed E-state index contributed by atoms with van der Waals surface area (Å²) in [6.45, 7) is 4.26. The molecular formula is C18H23NO4. The van der Waals surface area contributed by atoms with Crippen molar-refractivity contribution in [2.24, 2.45) is 0 Å². The number of amides is 1. The molecule has 1 aromatic rings. The Labute approximate surface area is 136 Å². The number of carbonyl (C=O) groups excluding carboxylic acids is 2. The summed E-state index contributed by atoms with van der Waals surface area (Å²) in [7, 11) is 0. The van der Waals surface area contributed by atoms with Crippen LogP contribution in [-0.4, -0.2) is 40.3 Å². The minimum absolute atomic E-state index is 0.0655. The van der Waals surface area contributed by atoms with Crippen LogP contribution in [0.3, 0.4) is 0 Å². The van der Waals surface area contributed by atoms with E-state index in [1.807, 2.05) is 32.0 Å². The smallest absolute Gasteiger partial charge is 0.326 e. The molecule has 1 N–H and O–H groups in total. The molecule has 0 unspecified atom stereocenters. The number of carboxylic acid groups (broad SMARTS) is 1. The number of benzene rings is 1. The summed E-state index contributed by atoms with van der Waals surface area (Å²) in [4.78, 5) is 37.3. The first kappa shape index (κ1) is 17.2. The number of Topliss-reactive ketones (excluding diaryl/α,β-unsaturated/α-hetero) is 1. The third-order valence-corrected chi connectivity index (χ3v) is 4.37. The number of likely N-dealkylation sites (tertiary alicyclic amines) is 1. The van der Waals surface area contributed by atoms with E-state index in [1.165, 1.54) is 4.90 Å². The molecule has 0 bridgehead atoms. The molecule has 0 aliphatic carbocycles. The van der Waals surface area contributed by atoms with Crippen LogP contribution in [0.1, 0.15) is 53.6 Å². The number of carbonyl (C=O) groups is 3. The van der Waals surface area contributed by atoms with Crippen LogP contribution in [0.2, 0.25) is 0 Å². The van der Waals surface area contributed by atoms with Crippen molar-refractivity contribution in [1.82, 2.24) is 4.90 Å². The zero-order valence-electron chi connectivity index (χ0n) is 13.7. The Hall–Kier alpha value is -2.17. The minimum Gasteiger partial charge on any atom is -0.480 e. The normalized spacial score (nSPS) is 17.8. The first-order chi connectivity index (χ1) is 10.9. The van der Waals surface area contributed by atoms with Crippen molar-refractivity contribution in [3.63, 3.8) is 0 Å². The molecule has 5 heteroatoms. The Balaban J connectivity index is 1.99. The lowest BCUT2D eigenvalue weighted by Gasteiger charge is -2.33. The maximum absolute atomic E-state index is 12.3. The third kappa shape index (κ3) is 4.18. The fraction of sp³-hybridized carbons (Fsp3) is 0.500. The lowest BCUT2D eigenvalue weighted by Crippen LogP contribution is -2.48. The van der Waals surface area contributed by atoms with Gasteiger partial charge in [-0.05, 0) is 44.7 Å². The number of piperidine rings is 1. The van der Waals surface area contributed by atoms with Gasteiger partial charge in [-0.3, -0.25) is 9.59 Å². The monoisotopic (exact) mass is 317 g/mol. The predicted octanol–water partition coefficient (Wildman–Crippen LogP) is 2.73. The molecule has 1 aromatic carbocycles. The van der Waals surface area contributed by atoms with Crippen molar-refractivity contribution in [3.8, 4) is 0 Å². The second kappa shape index (κ2) is 7.40. The molecule has 1 saturated heterocycles. The van der Waals surface area contributed by atoms with Gasteiger partial charge in [0.1, 0.15) is 6.04 Å². The van der Waals surface area contributed by atoms with Crippen molar-refractivity contribution in [3.05, 3.63) is 34.9 Å². The average Bonchev–Trinajstić information content (AvgIpc) is 2.54. The number of hydrogen-bond donors (Lipinski definition) is 1. The van der Waals surface area contributed by atoms with Crippen LogP contribution in [0.25, 0.3) is 0 Å². The molecule has 1 heterocycles. The van der Waals surface area contributed by atoms with Gasteiger partial charge >= 0.3 is 5.97 Å². The van der Waals surface area contributed by atoms with Gasteiger partial charge < -0.3 is 10.0 Å². The molecule has 5 nitrogen and oxygen atoms in total. The van der Waals surface area contributed by atoms with Crippen molar-refractivity contribution >= 4 is 17.7 Å². The summed E-state index contributed by atoms with van der Waals surface area (Å²) < 4.78 is 0. The zero-order valence-corrected chi connectivity index (χ0v) is 13.7. The lowest BCUT2D eigenvalue weighted by atomic mass is 9.98. The van der Waals surface area contributed by atoms with E-state index in [-0.39, 0.29) is 24.5 Å². The van der Waals surface area contributed by atoms with E-state index in [0.717, 1.165) is 24.0 Å². The number of aryl methyl sites for hydroxylation is 2. The van der Waals surface area contributed by atoms with Gasteiger partial charge in [0.25, 0.3) is 0 Å². The van der Waals surface area contributed by atoms with E-state index in [2.05, 4.69) is 0 Å². The Kier molecular flexibility index (Phi) is 5.53. The summed E-state index contributed by atoms with van der Waals surface area (Å²) in [5.41, 5.74) is 2.55. The predicted molar refractivity (Wildman–Crippen MR) is 86.5 cm³/mol. The molecular weight excluding hydrogens is 294 g/mol. The first-order valence-corrected chi connectivity index (χ1v) is 8.03. The highest BCUT2D eigenvalue weighted by atomic mass is 16.4. The molecule has 2 rings (SSSR count). The van der Waals surface area contributed by atoms with Gasteiger partial charge in [0, 0.05) is 24.9 Å². The van der Waals surface area contributed by atoms with Crippen LogP contribution in [0, 0.1) is 13.8 Å². The van der Waals surface area contributed by atoms with E-state index in [4.69, 9.17) is 0 Å². The molecule has 0 saturated carbocycles. The maximum Gasteiger partial charge on any atom is 0.326 e. The Bertz CT molecular complexity index is 623. The number of nitrogens with zero attached hydrogens (tertiary/aromatic N) is 1. The van der Waals surface area contributed by atoms with Crippen LogP contribution in [0.5, 0.6) is 0 Å². The molecule has 0 spiro atoms. The van der Waals surface area contributed by atoms with Crippen LogP contribution in [-0.2, 0) is 9.59 Å². The topological polar surface area (TPSA) is 74.7 Å². The molecule has 1 atom stereocenters. The first-order valence-electron chi connectivity index (χ1n) is 8.03. The van der Waals surface area contributed by atoms with Gasteiger partial charge in [-0.1, -0.05) is 17.7 Å². The molecule has 0 radical (unpaired) electrons. The van der Waals surface area contributed by atoms with Gasteiger partial charge in [-0.2, -0.15) is 0 Å². The van der Waals surface area contributed by atoms with E-state index in [9.17, 15) is 19.5 Å². The molecule has 1 aliphatic heterocycles. The SMILES string of the molecule is Cc1ccc(C)c(C(=O)CCC(=O)N2CCCC[C@H]2C(=O)O)c1. The summed E-state index contributed by atoms with van der Waals surface area (Å²) in [6, 6.07) is 4.94. The van der Waals surface area contributed by atoms with Crippen molar-refractivity contribution < 1.29 is 19.5 Å². The number of rotatable bonds is 5. The lowest BCUT2D eigenvalue weighted by molar-refractivity contribution is -0.152. The largest absolute Gasteiger partial charge is 0.480 e. The quantitative estimate of drug-likeness (QED) is 0.847. The standard InChI is InChI=1S/C18H23NO4/c1-12-6-7-13(2)14(11-12)16(20)8-9-17(21)19-10-4-3-5-15(19)18(22)23/h6-7,11,15H,3-5,8-10H2,1-2H3,(H,22,23)/t15-/m0/s1. The Morgan fingerprint density at radius 1 is 1.17 bits per heavy atom. The summed E-state index contributed by atoms with van der Waals surface area (Å²) in [6.07, 6.45) is 2.32. The number of aliphatic carboxylic acids is 1. The van der Waals surface area contributed by atoms with Gasteiger partial charge in [-0.25, -0.2) is 4.79 Å². The van der Waals surface area contributed by atoms with Crippen LogP contribution in [0.4, 0.5) is 0 Å². The summed E-state index contributed by atoms with van der Waals surface area (Å²) in [5, 5.41) is 9.22. The van der Waals surface area contributed by atoms with Crippen LogP contribution in [0.15, 0.2) is 18.2 Å². The average molecular weight is 317 g/mol. The van der Waals surface area contributed by atoms with E-state index < -0.39 is 12.0 Å². The van der Waals surface area contributed by atoms with Crippen molar-refractivity contribution in [2.75, 3.05) is 6.54 Å². The minimum atomic E-state index is -0.959. The van der Waals surface area contributed by atoms with Gasteiger partial charge in [0.05, 0.1) is 0 Å². The molecule has 23 heavy (non-hydrogen) atoms. The van der Waals surface area contributed by atoms with Crippen LogP contribution < -0.4 is 0 Å². The van der Waals surface area contributed by atoms with Crippen molar-refractivity contribution in [2.45, 2.75) is 52.0 Å². The second-order valence-electron chi connectivity index (χ2n) is 6.18. The van der Waals surface area contributed by atoms with E-state index in [1.54, 1.807) is 0 Å². The summed E-state index contributed by atoms with van der Waals surface area (Å²) >= 11 is 0. The fourth-order valence-electron chi connectivity index (χ4n) is 3.02. The number of hydrogen-bond acceptors (Lipinski definition) is 3.